The molecular weight excluding hydrogens is 344 g/mol. The van der Waals surface area contributed by atoms with Crippen LogP contribution in [0.2, 0.25) is 0 Å². The van der Waals surface area contributed by atoms with Crippen molar-refractivity contribution in [1.82, 2.24) is 15.1 Å². The Balaban J connectivity index is 1.60. The van der Waals surface area contributed by atoms with Gasteiger partial charge in [-0.2, -0.15) is 0 Å². The molecule has 0 saturated carbocycles. The van der Waals surface area contributed by atoms with E-state index in [1.807, 2.05) is 4.90 Å². The summed E-state index contributed by atoms with van der Waals surface area (Å²) in [6.07, 6.45) is 3.26. The van der Waals surface area contributed by atoms with E-state index < -0.39 is 4.92 Å². The largest absolute Gasteiger partial charge is 0.411 e. The van der Waals surface area contributed by atoms with Gasteiger partial charge in [0.1, 0.15) is 0 Å². The van der Waals surface area contributed by atoms with E-state index in [-0.39, 0.29) is 29.3 Å². The Labute approximate surface area is 148 Å². The van der Waals surface area contributed by atoms with E-state index >= 15 is 0 Å². The Hall–Kier alpha value is -2.42. The van der Waals surface area contributed by atoms with Gasteiger partial charge in [-0.05, 0) is 38.3 Å². The predicted molar refractivity (Wildman–Crippen MR) is 92.1 cm³/mol. The van der Waals surface area contributed by atoms with Gasteiger partial charge in [0.15, 0.2) is 0 Å². The second kappa shape index (κ2) is 7.64. The van der Waals surface area contributed by atoms with Gasteiger partial charge in [-0.3, -0.25) is 14.9 Å². The van der Waals surface area contributed by atoms with Crippen molar-refractivity contribution in [2.24, 2.45) is 0 Å². The number of carbonyl (C=O) groups is 1. The standard InChI is InChI=1S/C16H18N4O4S/c1-11-4-2-3-9-19(11)14(21)10-25-16-18-17-15(24-16)12-5-7-13(8-6-12)20(22)23/h5-8,11H,2-4,9-10H2,1H3/t11-/m1/s1. The molecule has 132 valence electrons. The Morgan fingerprint density at radius 3 is 2.80 bits per heavy atom. The molecule has 9 heteroatoms. The lowest BCUT2D eigenvalue weighted by Gasteiger charge is -2.33. The fraction of sp³-hybridized carbons (Fsp3) is 0.438. The van der Waals surface area contributed by atoms with Gasteiger partial charge in [-0.15, -0.1) is 10.2 Å². The summed E-state index contributed by atoms with van der Waals surface area (Å²) in [6, 6.07) is 6.16. The lowest BCUT2D eigenvalue weighted by Crippen LogP contribution is -2.42. The predicted octanol–water partition coefficient (Wildman–Crippen LogP) is 3.14. The van der Waals surface area contributed by atoms with Gasteiger partial charge in [0, 0.05) is 30.3 Å². The highest BCUT2D eigenvalue weighted by molar-refractivity contribution is 7.99. The molecule has 1 aliphatic rings. The fourth-order valence-electron chi connectivity index (χ4n) is 2.79. The minimum atomic E-state index is -0.466. The number of nitro benzene ring substituents is 1. The molecular formula is C16H18N4O4S. The molecule has 8 nitrogen and oxygen atoms in total. The number of hydrogen-bond acceptors (Lipinski definition) is 7. The molecule has 25 heavy (non-hydrogen) atoms. The summed E-state index contributed by atoms with van der Waals surface area (Å²) in [4.78, 5) is 24.4. The smallest absolute Gasteiger partial charge is 0.277 e. The molecule has 0 N–H and O–H groups in total. The summed E-state index contributed by atoms with van der Waals surface area (Å²) in [5.74, 6) is 0.607. The number of hydrogen-bond donors (Lipinski definition) is 0. The molecule has 1 fully saturated rings. The first-order chi connectivity index (χ1) is 12.0. The summed E-state index contributed by atoms with van der Waals surface area (Å²) in [5.41, 5.74) is 0.597. The first-order valence-electron chi connectivity index (χ1n) is 8.05. The zero-order valence-corrected chi connectivity index (χ0v) is 14.6. The molecule has 0 aliphatic carbocycles. The summed E-state index contributed by atoms with van der Waals surface area (Å²) in [6.45, 7) is 2.87. The van der Waals surface area contributed by atoms with Gasteiger partial charge in [0.25, 0.3) is 10.9 Å². The van der Waals surface area contributed by atoms with Crippen molar-refractivity contribution < 1.29 is 14.1 Å². The average Bonchev–Trinajstić information content (AvgIpc) is 3.09. The van der Waals surface area contributed by atoms with Crippen molar-refractivity contribution in [2.45, 2.75) is 37.5 Å². The number of carbonyl (C=O) groups excluding carboxylic acids is 1. The highest BCUT2D eigenvalue weighted by atomic mass is 32.2. The summed E-state index contributed by atoms with van der Waals surface area (Å²) in [5, 5.41) is 18.8. The van der Waals surface area contributed by atoms with Gasteiger partial charge in [-0.25, -0.2) is 0 Å². The van der Waals surface area contributed by atoms with E-state index in [1.54, 1.807) is 12.1 Å². The second-order valence-electron chi connectivity index (χ2n) is 5.90. The SMILES string of the molecule is C[C@@H]1CCCCN1C(=O)CSc1nnc(-c2ccc([N+](=O)[O-])cc2)o1. The van der Waals surface area contributed by atoms with Crippen LogP contribution in [-0.4, -0.2) is 44.3 Å². The second-order valence-corrected chi connectivity index (χ2v) is 6.82. The number of nitro groups is 1. The van der Waals surface area contributed by atoms with E-state index in [0.717, 1.165) is 19.4 Å². The van der Waals surface area contributed by atoms with E-state index in [2.05, 4.69) is 17.1 Å². The summed E-state index contributed by atoms with van der Waals surface area (Å²) < 4.78 is 5.53. The van der Waals surface area contributed by atoms with Gasteiger partial charge >= 0.3 is 0 Å². The maximum Gasteiger partial charge on any atom is 0.277 e. The van der Waals surface area contributed by atoms with Crippen molar-refractivity contribution in [3.63, 3.8) is 0 Å². The van der Waals surface area contributed by atoms with Crippen molar-refractivity contribution in [2.75, 3.05) is 12.3 Å². The van der Waals surface area contributed by atoms with E-state index in [1.165, 1.54) is 30.3 Å². The average molecular weight is 362 g/mol. The summed E-state index contributed by atoms with van der Waals surface area (Å²) >= 11 is 1.21. The zero-order valence-electron chi connectivity index (χ0n) is 13.8. The first-order valence-corrected chi connectivity index (χ1v) is 9.04. The summed E-state index contributed by atoms with van der Waals surface area (Å²) in [7, 11) is 0. The number of piperidine rings is 1. The topological polar surface area (TPSA) is 102 Å². The van der Waals surface area contributed by atoms with Crippen molar-refractivity contribution >= 4 is 23.4 Å². The Morgan fingerprint density at radius 2 is 2.12 bits per heavy atom. The van der Waals surface area contributed by atoms with Crippen LogP contribution in [0.15, 0.2) is 33.9 Å². The normalized spacial score (nSPS) is 17.5. The number of benzene rings is 1. The van der Waals surface area contributed by atoms with Gasteiger partial charge in [0.2, 0.25) is 11.8 Å². The third-order valence-electron chi connectivity index (χ3n) is 4.17. The van der Waals surface area contributed by atoms with Crippen LogP contribution in [0.25, 0.3) is 11.5 Å². The molecule has 0 radical (unpaired) electrons. The van der Waals surface area contributed by atoms with E-state index in [4.69, 9.17) is 4.42 Å². The van der Waals surface area contributed by atoms with Gasteiger partial charge in [-0.1, -0.05) is 11.8 Å². The molecule has 0 bridgehead atoms. The van der Waals surface area contributed by atoms with Crippen LogP contribution in [0, 0.1) is 10.1 Å². The van der Waals surface area contributed by atoms with Crippen LogP contribution >= 0.6 is 11.8 Å². The van der Waals surface area contributed by atoms with Crippen LogP contribution < -0.4 is 0 Å². The number of non-ortho nitro benzene ring substituents is 1. The number of amides is 1. The van der Waals surface area contributed by atoms with Crippen LogP contribution in [-0.2, 0) is 4.79 Å². The molecule has 1 aliphatic heterocycles. The molecule has 1 aromatic carbocycles. The number of rotatable bonds is 5. The van der Waals surface area contributed by atoms with Crippen LogP contribution in [0.5, 0.6) is 0 Å². The molecule has 1 saturated heterocycles. The maximum atomic E-state index is 12.3. The molecule has 3 rings (SSSR count). The molecule has 0 spiro atoms. The van der Waals surface area contributed by atoms with Gasteiger partial charge in [0.05, 0.1) is 10.7 Å². The van der Waals surface area contributed by atoms with Crippen LogP contribution in [0.4, 0.5) is 5.69 Å². The Kier molecular flexibility index (Phi) is 5.32. The van der Waals surface area contributed by atoms with Crippen molar-refractivity contribution in [3.8, 4) is 11.5 Å². The quantitative estimate of drug-likeness (QED) is 0.457. The highest BCUT2D eigenvalue weighted by Crippen LogP contribution is 2.26. The van der Waals surface area contributed by atoms with Crippen molar-refractivity contribution in [3.05, 3.63) is 34.4 Å². The lowest BCUT2D eigenvalue weighted by atomic mass is 10.0. The molecule has 1 atom stereocenters. The molecule has 2 aromatic rings. The van der Waals surface area contributed by atoms with E-state index in [0.29, 0.717) is 10.8 Å². The number of thioether (sulfide) groups is 1. The molecule has 1 aromatic heterocycles. The third kappa shape index (κ3) is 4.16. The van der Waals surface area contributed by atoms with E-state index in [9.17, 15) is 14.9 Å². The molecule has 1 amide bonds. The highest BCUT2D eigenvalue weighted by Gasteiger charge is 2.23. The zero-order chi connectivity index (χ0) is 17.8. The number of nitrogens with zero attached hydrogens (tertiary/aromatic N) is 4. The third-order valence-corrected chi connectivity index (χ3v) is 4.98. The lowest BCUT2D eigenvalue weighted by molar-refractivity contribution is -0.384. The molecule has 0 unspecified atom stereocenters. The number of likely N-dealkylation sites (tertiary alicyclic amines) is 1. The van der Waals surface area contributed by atoms with Crippen LogP contribution in [0.1, 0.15) is 26.2 Å². The maximum absolute atomic E-state index is 12.3. The first kappa shape index (κ1) is 17.4. The minimum Gasteiger partial charge on any atom is -0.411 e. The minimum absolute atomic E-state index is 0.000822. The van der Waals surface area contributed by atoms with Crippen LogP contribution in [0.3, 0.4) is 0 Å². The van der Waals surface area contributed by atoms with Gasteiger partial charge < -0.3 is 9.32 Å². The Morgan fingerprint density at radius 1 is 1.36 bits per heavy atom. The number of aromatic nitrogens is 2. The monoisotopic (exact) mass is 362 g/mol. The molecule has 2 heterocycles. The van der Waals surface area contributed by atoms with Crippen molar-refractivity contribution in [1.29, 1.82) is 0 Å². The fourth-order valence-corrected chi connectivity index (χ4v) is 3.43. The Bertz CT molecular complexity index is 762.